The smallest absolute Gasteiger partial charge is 0.251 e. The van der Waals surface area contributed by atoms with E-state index in [1.807, 2.05) is 53.1 Å². The van der Waals surface area contributed by atoms with Gasteiger partial charge in [0.2, 0.25) is 5.91 Å². The topological polar surface area (TPSA) is 124 Å². The van der Waals surface area contributed by atoms with Crippen molar-refractivity contribution in [3.8, 4) is 17.1 Å². The first-order valence-electron chi connectivity index (χ1n) is 11.2. The molecule has 9 nitrogen and oxygen atoms in total. The number of imidazole rings is 1. The normalized spacial score (nSPS) is 11.0. The molecule has 3 aromatic heterocycles. The lowest BCUT2D eigenvalue weighted by Crippen LogP contribution is -2.33. The predicted molar refractivity (Wildman–Crippen MR) is 135 cm³/mol. The van der Waals surface area contributed by atoms with Crippen LogP contribution in [0.15, 0.2) is 73.2 Å². The highest BCUT2D eigenvalue weighted by molar-refractivity contribution is 5.95. The van der Waals surface area contributed by atoms with Gasteiger partial charge < -0.3 is 26.0 Å². The van der Waals surface area contributed by atoms with Gasteiger partial charge in [-0.1, -0.05) is 6.07 Å². The van der Waals surface area contributed by atoms with Crippen LogP contribution < -0.4 is 16.0 Å². The van der Waals surface area contributed by atoms with Crippen molar-refractivity contribution in [1.29, 1.82) is 0 Å². The van der Waals surface area contributed by atoms with E-state index in [-0.39, 0.29) is 17.7 Å². The van der Waals surface area contributed by atoms with E-state index in [0.29, 0.717) is 18.7 Å². The van der Waals surface area contributed by atoms with Gasteiger partial charge in [-0.25, -0.2) is 4.98 Å². The summed E-state index contributed by atoms with van der Waals surface area (Å²) in [4.78, 5) is 30.5. The summed E-state index contributed by atoms with van der Waals surface area (Å²) in [7, 11) is 0. The van der Waals surface area contributed by atoms with Crippen molar-refractivity contribution in [1.82, 2.24) is 25.0 Å². The van der Waals surface area contributed by atoms with Gasteiger partial charge in [-0.05, 0) is 54.1 Å². The van der Waals surface area contributed by atoms with Crippen LogP contribution in [0, 0.1) is 0 Å². The van der Waals surface area contributed by atoms with Crippen molar-refractivity contribution in [2.75, 3.05) is 18.4 Å². The van der Waals surface area contributed by atoms with Crippen LogP contribution in [0.2, 0.25) is 0 Å². The fourth-order valence-electron chi connectivity index (χ4n) is 4.01. The number of nitrogens with zero attached hydrogens (tertiary/aromatic N) is 2. The third-order valence-corrected chi connectivity index (χ3v) is 5.73. The maximum Gasteiger partial charge on any atom is 0.251 e. The summed E-state index contributed by atoms with van der Waals surface area (Å²) in [6, 6.07) is 17.0. The average Bonchev–Trinajstić information content (AvgIpc) is 3.49. The zero-order valence-electron chi connectivity index (χ0n) is 19.0. The molecule has 2 aromatic carbocycles. The molecule has 0 aliphatic carbocycles. The standard InChI is InChI=1S/C26H24N6O3/c1-16(33)27-10-11-29-25(34)17-2-5-20(6-3-17)31-22-8-9-23(32-13-12-28-24(22)32)18-4-7-21-19(14-18)15-30-26(21)35/h2-9,12-15,30-31,35H,10-11H2,1H3,(H,27,33)(H,29,34). The Morgan fingerprint density at radius 2 is 1.83 bits per heavy atom. The van der Waals surface area contributed by atoms with Gasteiger partial charge in [0.1, 0.15) is 0 Å². The Hall–Kier alpha value is -4.79. The number of pyridine rings is 1. The molecule has 2 amide bonds. The number of aromatic nitrogens is 3. The summed E-state index contributed by atoms with van der Waals surface area (Å²) in [6.07, 6.45) is 5.43. The number of amides is 2. The third-order valence-electron chi connectivity index (χ3n) is 5.73. The van der Waals surface area contributed by atoms with Crippen molar-refractivity contribution in [2.24, 2.45) is 0 Å². The number of nitrogens with one attached hydrogen (secondary N) is 4. The molecule has 0 fully saturated rings. The number of benzene rings is 2. The lowest BCUT2D eigenvalue weighted by atomic mass is 10.1. The predicted octanol–water partition coefficient (Wildman–Crippen LogP) is 3.80. The second kappa shape index (κ2) is 9.22. The van der Waals surface area contributed by atoms with Gasteiger partial charge in [-0.3, -0.25) is 14.0 Å². The minimum absolute atomic E-state index is 0.128. The molecule has 0 aliphatic heterocycles. The molecule has 5 rings (SSSR count). The van der Waals surface area contributed by atoms with Crippen LogP contribution in [0.1, 0.15) is 17.3 Å². The summed E-state index contributed by atoms with van der Waals surface area (Å²) in [5, 5.41) is 20.4. The van der Waals surface area contributed by atoms with Gasteiger partial charge in [0.15, 0.2) is 11.5 Å². The van der Waals surface area contributed by atoms with Crippen LogP contribution in [-0.4, -0.2) is 44.4 Å². The number of hydrogen-bond acceptors (Lipinski definition) is 5. The number of H-pyrrole nitrogens is 1. The van der Waals surface area contributed by atoms with Gasteiger partial charge in [0.25, 0.3) is 5.91 Å². The van der Waals surface area contributed by atoms with Crippen LogP contribution in [0.25, 0.3) is 27.7 Å². The van der Waals surface area contributed by atoms with Crippen LogP contribution in [0.5, 0.6) is 5.88 Å². The molecule has 5 aromatic rings. The highest BCUT2D eigenvalue weighted by Gasteiger charge is 2.11. The molecule has 0 atom stereocenters. The Labute approximate surface area is 200 Å². The van der Waals surface area contributed by atoms with Crippen LogP contribution in [0.4, 0.5) is 11.4 Å². The maximum atomic E-state index is 12.3. The van der Waals surface area contributed by atoms with Crippen LogP contribution in [0.3, 0.4) is 0 Å². The second-order valence-electron chi connectivity index (χ2n) is 8.13. The zero-order valence-corrected chi connectivity index (χ0v) is 19.0. The third kappa shape index (κ3) is 4.51. The molecule has 35 heavy (non-hydrogen) atoms. The summed E-state index contributed by atoms with van der Waals surface area (Å²) in [6.45, 7) is 2.19. The second-order valence-corrected chi connectivity index (χ2v) is 8.13. The van der Waals surface area contributed by atoms with Gasteiger partial charge in [0, 0.05) is 60.6 Å². The van der Waals surface area contributed by atoms with E-state index in [1.54, 1.807) is 24.5 Å². The van der Waals surface area contributed by atoms with Gasteiger partial charge in [0.05, 0.1) is 11.4 Å². The maximum absolute atomic E-state index is 12.3. The highest BCUT2D eigenvalue weighted by Crippen LogP contribution is 2.31. The molecular formula is C26H24N6O3. The first kappa shape index (κ1) is 22.0. The van der Waals surface area contributed by atoms with Crippen molar-refractivity contribution < 1.29 is 14.7 Å². The van der Waals surface area contributed by atoms with E-state index in [1.165, 1.54) is 6.92 Å². The molecule has 0 spiro atoms. The molecule has 5 N–H and O–H groups in total. The molecule has 3 heterocycles. The fourth-order valence-corrected chi connectivity index (χ4v) is 4.01. The monoisotopic (exact) mass is 468 g/mol. The summed E-state index contributed by atoms with van der Waals surface area (Å²) >= 11 is 0. The average molecular weight is 469 g/mol. The van der Waals surface area contributed by atoms with Crippen molar-refractivity contribution in [3.05, 3.63) is 78.8 Å². The molecular weight excluding hydrogens is 444 g/mol. The van der Waals surface area contributed by atoms with Crippen LogP contribution >= 0.6 is 0 Å². The Morgan fingerprint density at radius 3 is 2.63 bits per heavy atom. The van der Waals surface area contributed by atoms with Crippen molar-refractivity contribution in [2.45, 2.75) is 6.92 Å². The number of carbonyl (C=O) groups excluding carboxylic acids is 2. The molecule has 0 saturated carbocycles. The number of carbonyl (C=O) groups is 2. The van der Waals surface area contributed by atoms with E-state index >= 15 is 0 Å². The van der Waals surface area contributed by atoms with E-state index in [9.17, 15) is 14.7 Å². The number of aromatic amines is 1. The number of fused-ring (bicyclic) bond motifs is 2. The lowest BCUT2D eigenvalue weighted by molar-refractivity contribution is -0.118. The Balaban J connectivity index is 1.33. The lowest BCUT2D eigenvalue weighted by Gasteiger charge is -2.12. The van der Waals surface area contributed by atoms with Crippen LogP contribution in [-0.2, 0) is 4.79 Å². The first-order valence-corrected chi connectivity index (χ1v) is 11.2. The molecule has 9 heteroatoms. The number of anilines is 2. The highest BCUT2D eigenvalue weighted by atomic mass is 16.3. The fraction of sp³-hybridized carbons (Fsp3) is 0.115. The number of rotatable bonds is 7. The van der Waals surface area contributed by atoms with Crippen molar-refractivity contribution >= 4 is 39.6 Å². The van der Waals surface area contributed by atoms with Gasteiger partial charge in [-0.2, -0.15) is 0 Å². The summed E-state index contributed by atoms with van der Waals surface area (Å²) in [5.41, 5.74) is 4.91. The minimum atomic E-state index is -0.199. The van der Waals surface area contributed by atoms with Gasteiger partial charge in [-0.15, -0.1) is 0 Å². The van der Waals surface area contributed by atoms with Gasteiger partial charge >= 0.3 is 0 Å². The Kier molecular flexibility index (Phi) is 5.80. The van der Waals surface area contributed by atoms with E-state index in [2.05, 4.69) is 25.9 Å². The first-order chi connectivity index (χ1) is 17.0. The molecule has 0 unspecified atom stereocenters. The largest absolute Gasteiger partial charge is 0.494 e. The SMILES string of the molecule is CC(=O)NCCNC(=O)c1ccc(Nc2ccc(-c3ccc4c(O)[nH]cc4c3)n3ccnc23)cc1. The number of hydrogen-bond donors (Lipinski definition) is 5. The Morgan fingerprint density at radius 1 is 1.03 bits per heavy atom. The summed E-state index contributed by atoms with van der Waals surface area (Å²) < 4.78 is 2.01. The minimum Gasteiger partial charge on any atom is -0.494 e. The quantitative estimate of drug-likeness (QED) is 0.233. The Bertz CT molecular complexity index is 1530. The van der Waals surface area contributed by atoms with E-state index < -0.39 is 0 Å². The summed E-state index contributed by atoms with van der Waals surface area (Å²) in [5.74, 6) is -0.168. The molecule has 0 aliphatic rings. The molecule has 0 saturated heterocycles. The number of aromatic hydroxyl groups is 1. The van der Waals surface area contributed by atoms with Crippen molar-refractivity contribution in [3.63, 3.8) is 0 Å². The zero-order chi connectivity index (χ0) is 24.4. The molecule has 0 radical (unpaired) electrons. The molecule has 0 bridgehead atoms. The van der Waals surface area contributed by atoms with E-state index in [4.69, 9.17) is 0 Å². The van der Waals surface area contributed by atoms with E-state index in [0.717, 1.165) is 39.1 Å². The molecule has 176 valence electrons.